The molecule has 7 heteroatoms. The molecule has 0 atom stereocenters. The summed E-state index contributed by atoms with van der Waals surface area (Å²) in [5, 5.41) is 0. The van der Waals surface area contributed by atoms with Crippen LogP contribution in [0.15, 0.2) is 0 Å². The van der Waals surface area contributed by atoms with Gasteiger partial charge in [-0.2, -0.15) is 0 Å². The van der Waals surface area contributed by atoms with E-state index in [0.29, 0.717) is 19.3 Å². The van der Waals surface area contributed by atoms with Crippen molar-refractivity contribution in [3.8, 4) is 0 Å². The van der Waals surface area contributed by atoms with Gasteiger partial charge in [-0.15, -0.1) is 0 Å². The molecule has 0 saturated carbocycles. The number of hydrazine groups is 2. The van der Waals surface area contributed by atoms with Crippen LogP contribution in [0.2, 0.25) is 0 Å². The van der Waals surface area contributed by atoms with E-state index in [1.807, 2.05) is 0 Å². The largest absolute Gasteiger partial charge is 0.343 e. The molecule has 0 rings (SSSR count). The fourth-order valence-corrected chi connectivity index (χ4v) is 0.326. The summed E-state index contributed by atoms with van der Waals surface area (Å²) in [5.74, 6) is 9.08. The van der Waals surface area contributed by atoms with Crippen LogP contribution in [-0.2, 0) is 9.59 Å². The Morgan fingerprint density at radius 3 is 1.62 bits per heavy atom. The second-order valence-electron chi connectivity index (χ2n) is 1.88. The lowest BCUT2D eigenvalue weighted by Crippen LogP contribution is -2.43. The van der Waals surface area contributed by atoms with Crippen molar-refractivity contribution >= 4 is 18.6 Å². The number of hydrogen-bond donors (Lipinski definition) is 4. The summed E-state index contributed by atoms with van der Waals surface area (Å²) >= 11 is 0. The SMILES string of the molecule is NNC(=O)NN.O=CCCCC=O. The topological polar surface area (TPSA) is 127 Å². The Bertz CT molecular complexity index is 137. The third-order valence-corrected chi connectivity index (χ3v) is 0.906. The number of rotatable bonds is 4. The summed E-state index contributed by atoms with van der Waals surface area (Å²) in [7, 11) is 0. The van der Waals surface area contributed by atoms with E-state index in [2.05, 4.69) is 11.7 Å². The Morgan fingerprint density at radius 2 is 1.46 bits per heavy atom. The highest BCUT2D eigenvalue weighted by atomic mass is 16.2. The Labute approximate surface area is 75.8 Å². The fourth-order valence-electron chi connectivity index (χ4n) is 0.326. The van der Waals surface area contributed by atoms with Gasteiger partial charge in [-0.25, -0.2) is 16.5 Å². The van der Waals surface area contributed by atoms with Crippen LogP contribution in [0, 0.1) is 0 Å². The van der Waals surface area contributed by atoms with Crippen molar-refractivity contribution in [3.63, 3.8) is 0 Å². The highest BCUT2D eigenvalue weighted by Crippen LogP contribution is 1.85. The van der Waals surface area contributed by atoms with Crippen LogP contribution in [0.25, 0.3) is 0 Å². The Morgan fingerprint density at radius 1 is 1.08 bits per heavy atom. The molecule has 0 radical (unpaired) electrons. The smallest absolute Gasteiger partial charge is 0.303 e. The Balaban J connectivity index is 0. The van der Waals surface area contributed by atoms with Crippen molar-refractivity contribution in [2.75, 3.05) is 0 Å². The van der Waals surface area contributed by atoms with Gasteiger partial charge < -0.3 is 9.59 Å². The van der Waals surface area contributed by atoms with Crippen molar-refractivity contribution in [2.45, 2.75) is 19.3 Å². The molecule has 0 heterocycles. The number of carbonyl (C=O) groups excluding carboxylic acids is 3. The standard InChI is InChI=1S/C5H8O2.CH6N4O/c6-4-2-1-3-5-7;2-4-1(6)5-3/h4-5H,1-3H2;2-3H2,(H2,4,5,6). The highest BCUT2D eigenvalue weighted by Gasteiger charge is 1.83. The van der Waals surface area contributed by atoms with E-state index in [-0.39, 0.29) is 0 Å². The second kappa shape index (κ2) is 13.1. The van der Waals surface area contributed by atoms with Gasteiger partial charge in [-0.3, -0.25) is 10.9 Å². The van der Waals surface area contributed by atoms with Crippen LogP contribution in [0.5, 0.6) is 0 Å². The summed E-state index contributed by atoms with van der Waals surface area (Å²) in [6, 6.07) is -0.602. The minimum Gasteiger partial charge on any atom is -0.303 e. The molecule has 6 N–H and O–H groups in total. The molecular weight excluding hydrogens is 176 g/mol. The zero-order valence-corrected chi connectivity index (χ0v) is 7.16. The first kappa shape index (κ1) is 14.1. The molecule has 13 heavy (non-hydrogen) atoms. The number of nitrogens with one attached hydrogen (secondary N) is 2. The number of unbranched alkanes of at least 4 members (excludes halogenated alkanes) is 2. The van der Waals surface area contributed by atoms with E-state index in [4.69, 9.17) is 0 Å². The average Bonchev–Trinajstić information content (AvgIpc) is 2.18. The van der Waals surface area contributed by atoms with E-state index in [9.17, 15) is 14.4 Å². The van der Waals surface area contributed by atoms with Crippen molar-refractivity contribution in [3.05, 3.63) is 0 Å². The van der Waals surface area contributed by atoms with Gasteiger partial charge in [-0.05, 0) is 6.42 Å². The zero-order chi connectivity index (χ0) is 10.5. The van der Waals surface area contributed by atoms with Crippen LogP contribution in [0.3, 0.4) is 0 Å². The molecule has 0 aromatic carbocycles. The molecule has 0 aromatic rings. The fraction of sp³-hybridized carbons (Fsp3) is 0.500. The Kier molecular flexibility index (Phi) is 14.2. The maximum absolute atomic E-state index is 9.71. The first-order valence-electron chi connectivity index (χ1n) is 3.57. The van der Waals surface area contributed by atoms with Crippen molar-refractivity contribution in [1.82, 2.24) is 10.9 Å². The lowest BCUT2D eigenvalue weighted by molar-refractivity contribution is -0.108. The molecule has 0 spiro atoms. The van der Waals surface area contributed by atoms with Crippen LogP contribution >= 0.6 is 0 Å². The molecule has 0 bridgehead atoms. The van der Waals surface area contributed by atoms with Gasteiger partial charge >= 0.3 is 6.03 Å². The maximum Gasteiger partial charge on any atom is 0.343 e. The molecule has 0 fully saturated rings. The van der Waals surface area contributed by atoms with Gasteiger partial charge in [0, 0.05) is 12.8 Å². The molecule has 0 aromatic heterocycles. The number of aldehydes is 2. The minimum absolute atomic E-state index is 0.513. The molecule has 76 valence electrons. The Hall–Kier alpha value is -1.47. The highest BCUT2D eigenvalue weighted by molar-refractivity contribution is 5.72. The van der Waals surface area contributed by atoms with Crippen molar-refractivity contribution in [2.24, 2.45) is 11.7 Å². The van der Waals surface area contributed by atoms with Gasteiger partial charge in [0.2, 0.25) is 0 Å². The quantitative estimate of drug-likeness (QED) is 0.142. The van der Waals surface area contributed by atoms with Gasteiger partial charge in [0.15, 0.2) is 0 Å². The molecule has 0 saturated heterocycles. The number of carbonyl (C=O) groups is 3. The first-order valence-corrected chi connectivity index (χ1v) is 3.57. The zero-order valence-electron chi connectivity index (χ0n) is 7.16. The molecule has 7 nitrogen and oxygen atoms in total. The van der Waals surface area contributed by atoms with E-state index >= 15 is 0 Å². The summed E-state index contributed by atoms with van der Waals surface area (Å²) in [6.07, 6.45) is 3.37. The molecule has 0 aliphatic rings. The molecular formula is C6H14N4O3. The summed E-state index contributed by atoms with van der Waals surface area (Å²) in [5.41, 5.74) is 3.48. The number of nitrogens with two attached hydrogens (primary N) is 2. The number of urea groups is 1. The first-order chi connectivity index (χ1) is 6.22. The molecule has 0 aliphatic heterocycles. The average molecular weight is 190 g/mol. The van der Waals surface area contributed by atoms with Crippen LogP contribution in [0.1, 0.15) is 19.3 Å². The summed E-state index contributed by atoms with van der Waals surface area (Å²) in [4.78, 5) is 28.8. The second-order valence-corrected chi connectivity index (χ2v) is 1.88. The lowest BCUT2D eigenvalue weighted by atomic mass is 10.3. The van der Waals surface area contributed by atoms with Gasteiger partial charge in [0.05, 0.1) is 0 Å². The van der Waals surface area contributed by atoms with E-state index in [0.717, 1.165) is 12.6 Å². The van der Waals surface area contributed by atoms with Gasteiger partial charge in [0.25, 0.3) is 0 Å². The summed E-state index contributed by atoms with van der Waals surface area (Å²) < 4.78 is 0. The normalized spacial score (nSPS) is 7.54. The van der Waals surface area contributed by atoms with Crippen LogP contribution in [0.4, 0.5) is 4.79 Å². The predicted octanol–water partition coefficient (Wildman–Crippen LogP) is -1.41. The third-order valence-electron chi connectivity index (χ3n) is 0.906. The van der Waals surface area contributed by atoms with Gasteiger partial charge in [0.1, 0.15) is 12.6 Å². The molecule has 0 aliphatic carbocycles. The lowest BCUT2D eigenvalue weighted by Gasteiger charge is -1.90. The van der Waals surface area contributed by atoms with Crippen molar-refractivity contribution in [1.29, 1.82) is 0 Å². The number of amides is 2. The van der Waals surface area contributed by atoms with E-state index < -0.39 is 6.03 Å². The predicted molar refractivity (Wildman–Crippen MR) is 46.0 cm³/mol. The molecule has 2 amide bonds. The summed E-state index contributed by atoms with van der Waals surface area (Å²) in [6.45, 7) is 0. The van der Waals surface area contributed by atoms with E-state index in [1.165, 1.54) is 0 Å². The van der Waals surface area contributed by atoms with Gasteiger partial charge in [-0.1, -0.05) is 0 Å². The number of hydrogen-bond acceptors (Lipinski definition) is 5. The maximum atomic E-state index is 9.71. The minimum atomic E-state index is -0.602. The third kappa shape index (κ3) is 18.0. The van der Waals surface area contributed by atoms with E-state index in [1.54, 1.807) is 10.9 Å². The monoisotopic (exact) mass is 190 g/mol. The van der Waals surface area contributed by atoms with Crippen LogP contribution < -0.4 is 22.5 Å². The molecule has 0 unspecified atom stereocenters. The van der Waals surface area contributed by atoms with Crippen molar-refractivity contribution < 1.29 is 14.4 Å². The van der Waals surface area contributed by atoms with Crippen LogP contribution in [-0.4, -0.2) is 18.6 Å².